The van der Waals surface area contributed by atoms with Crippen LogP contribution < -0.4 is 14.2 Å². The predicted octanol–water partition coefficient (Wildman–Crippen LogP) is 0.115. The largest absolute Gasteiger partial charge is 0.497 e. The third kappa shape index (κ3) is 3.85. The molecule has 0 atom stereocenters. The van der Waals surface area contributed by atoms with Crippen LogP contribution in [0.25, 0.3) is 0 Å². The fourth-order valence-electron chi connectivity index (χ4n) is 1.75. The molecule has 7 nitrogen and oxygen atoms in total. The zero-order chi connectivity index (χ0) is 16.1. The van der Waals surface area contributed by atoms with Crippen LogP contribution in [-0.2, 0) is 10.0 Å². The van der Waals surface area contributed by atoms with Crippen molar-refractivity contribution in [2.75, 3.05) is 27.4 Å². The average Bonchev–Trinajstić information content (AvgIpc) is 2.51. The average molecular weight is 319 g/mol. The molecule has 3 N–H and O–H groups in total. The minimum atomic E-state index is -3.97. The first-order chi connectivity index (χ1) is 9.87. The van der Waals surface area contributed by atoms with Gasteiger partial charge in [0.05, 0.1) is 33.0 Å². The molecule has 0 saturated carbocycles. The SMILES string of the molecule is CCC(CO)(CO)NS(=O)(=O)c1ccc(OC)cc1OC. The van der Waals surface area contributed by atoms with E-state index < -0.39 is 28.8 Å². The zero-order valence-electron chi connectivity index (χ0n) is 12.3. The van der Waals surface area contributed by atoms with Crippen molar-refractivity contribution >= 4 is 10.0 Å². The van der Waals surface area contributed by atoms with Crippen LogP contribution in [0.4, 0.5) is 0 Å². The van der Waals surface area contributed by atoms with Gasteiger partial charge in [-0.05, 0) is 18.6 Å². The van der Waals surface area contributed by atoms with Gasteiger partial charge < -0.3 is 19.7 Å². The highest BCUT2D eigenvalue weighted by Gasteiger charge is 2.34. The number of hydrogen-bond donors (Lipinski definition) is 3. The summed E-state index contributed by atoms with van der Waals surface area (Å²) in [4.78, 5) is -0.0921. The minimum absolute atomic E-state index is 0.0921. The van der Waals surface area contributed by atoms with Crippen LogP contribution in [0.3, 0.4) is 0 Å². The van der Waals surface area contributed by atoms with Gasteiger partial charge >= 0.3 is 0 Å². The fraction of sp³-hybridized carbons (Fsp3) is 0.538. The summed E-state index contributed by atoms with van der Waals surface area (Å²) in [7, 11) is -1.17. The summed E-state index contributed by atoms with van der Waals surface area (Å²) >= 11 is 0. The molecule has 21 heavy (non-hydrogen) atoms. The first kappa shape index (κ1) is 17.7. The quantitative estimate of drug-likeness (QED) is 0.628. The van der Waals surface area contributed by atoms with Crippen LogP contribution in [0.2, 0.25) is 0 Å². The second-order valence-corrected chi connectivity index (χ2v) is 6.22. The number of methoxy groups -OCH3 is 2. The van der Waals surface area contributed by atoms with Gasteiger partial charge in [0, 0.05) is 6.07 Å². The Labute approximate surface area is 124 Å². The van der Waals surface area contributed by atoms with Crippen molar-refractivity contribution in [1.82, 2.24) is 4.72 Å². The van der Waals surface area contributed by atoms with E-state index in [0.717, 1.165) is 0 Å². The number of benzene rings is 1. The molecule has 1 aromatic carbocycles. The van der Waals surface area contributed by atoms with Crippen molar-refractivity contribution in [1.29, 1.82) is 0 Å². The summed E-state index contributed by atoms with van der Waals surface area (Å²) < 4.78 is 37.3. The van der Waals surface area contributed by atoms with Gasteiger partial charge in [-0.3, -0.25) is 0 Å². The number of rotatable bonds is 8. The van der Waals surface area contributed by atoms with Crippen molar-refractivity contribution in [2.45, 2.75) is 23.8 Å². The summed E-state index contributed by atoms with van der Waals surface area (Å²) in [5.74, 6) is 0.569. The maximum atomic E-state index is 12.4. The van der Waals surface area contributed by atoms with Crippen molar-refractivity contribution in [3.8, 4) is 11.5 Å². The van der Waals surface area contributed by atoms with Crippen molar-refractivity contribution in [2.24, 2.45) is 0 Å². The van der Waals surface area contributed by atoms with E-state index in [0.29, 0.717) is 5.75 Å². The Morgan fingerprint density at radius 1 is 1.19 bits per heavy atom. The van der Waals surface area contributed by atoms with Crippen LogP contribution >= 0.6 is 0 Å². The van der Waals surface area contributed by atoms with Gasteiger partial charge in [-0.2, -0.15) is 0 Å². The van der Waals surface area contributed by atoms with Gasteiger partial charge in [0.15, 0.2) is 0 Å². The second kappa shape index (κ2) is 7.08. The molecular weight excluding hydrogens is 298 g/mol. The molecule has 0 aromatic heterocycles. The maximum absolute atomic E-state index is 12.4. The normalized spacial score (nSPS) is 12.2. The highest BCUT2D eigenvalue weighted by atomic mass is 32.2. The van der Waals surface area contributed by atoms with Crippen LogP contribution in [-0.4, -0.2) is 51.6 Å². The highest BCUT2D eigenvalue weighted by Crippen LogP contribution is 2.29. The van der Waals surface area contributed by atoms with Crippen LogP contribution in [0, 0.1) is 0 Å². The van der Waals surface area contributed by atoms with Crippen molar-refractivity contribution in [3.63, 3.8) is 0 Å². The minimum Gasteiger partial charge on any atom is -0.497 e. The molecule has 0 bridgehead atoms. The van der Waals surface area contributed by atoms with Gasteiger partial charge in [0.25, 0.3) is 0 Å². The Bertz CT molecular complexity index is 560. The summed E-state index contributed by atoms with van der Waals surface area (Å²) in [5.41, 5.74) is -1.32. The molecule has 0 aliphatic heterocycles. The smallest absolute Gasteiger partial charge is 0.244 e. The lowest BCUT2D eigenvalue weighted by molar-refractivity contribution is 0.105. The first-order valence-electron chi connectivity index (χ1n) is 6.35. The Morgan fingerprint density at radius 2 is 1.81 bits per heavy atom. The Hall–Kier alpha value is -1.35. The van der Waals surface area contributed by atoms with E-state index >= 15 is 0 Å². The molecule has 0 unspecified atom stereocenters. The van der Waals surface area contributed by atoms with Gasteiger partial charge in [-0.25, -0.2) is 13.1 Å². The van der Waals surface area contributed by atoms with Crippen LogP contribution in [0.15, 0.2) is 23.1 Å². The summed E-state index contributed by atoms with van der Waals surface area (Å²) in [6.07, 6.45) is 0.234. The van der Waals surface area contributed by atoms with E-state index in [4.69, 9.17) is 9.47 Å². The standard InChI is InChI=1S/C13H21NO6S/c1-4-13(8-15,9-16)14-21(17,18)12-6-5-10(19-2)7-11(12)20-3/h5-7,14-16H,4,8-9H2,1-3H3. The molecule has 1 aromatic rings. The molecule has 0 heterocycles. The van der Waals surface area contributed by atoms with E-state index in [1.165, 1.54) is 32.4 Å². The lowest BCUT2D eigenvalue weighted by Gasteiger charge is -2.29. The molecule has 0 radical (unpaired) electrons. The Morgan fingerprint density at radius 3 is 2.24 bits per heavy atom. The molecule has 0 aliphatic carbocycles. The predicted molar refractivity (Wildman–Crippen MR) is 77.1 cm³/mol. The lowest BCUT2D eigenvalue weighted by Crippen LogP contribution is -2.53. The Kier molecular flexibility index (Phi) is 5.97. The molecule has 120 valence electrons. The number of hydrogen-bond acceptors (Lipinski definition) is 6. The topological polar surface area (TPSA) is 105 Å². The molecular formula is C13H21NO6S. The van der Waals surface area contributed by atoms with Crippen molar-refractivity contribution in [3.05, 3.63) is 18.2 Å². The van der Waals surface area contributed by atoms with Crippen LogP contribution in [0.5, 0.6) is 11.5 Å². The molecule has 0 saturated heterocycles. The van der Waals surface area contributed by atoms with E-state index in [-0.39, 0.29) is 17.1 Å². The van der Waals surface area contributed by atoms with E-state index in [9.17, 15) is 18.6 Å². The van der Waals surface area contributed by atoms with E-state index in [2.05, 4.69) is 4.72 Å². The van der Waals surface area contributed by atoms with Gasteiger partial charge in [-0.15, -0.1) is 0 Å². The number of ether oxygens (including phenoxy) is 2. The molecule has 0 fully saturated rings. The highest BCUT2D eigenvalue weighted by molar-refractivity contribution is 7.89. The Balaban J connectivity index is 3.25. The second-order valence-electron chi connectivity index (χ2n) is 4.57. The third-order valence-corrected chi connectivity index (χ3v) is 4.91. The maximum Gasteiger partial charge on any atom is 0.244 e. The lowest BCUT2D eigenvalue weighted by atomic mass is 10.0. The summed E-state index contributed by atoms with van der Waals surface area (Å²) in [5, 5.41) is 18.7. The van der Waals surface area contributed by atoms with E-state index in [1.807, 2.05) is 0 Å². The molecule has 0 amide bonds. The monoisotopic (exact) mass is 319 g/mol. The third-order valence-electron chi connectivity index (χ3n) is 3.29. The van der Waals surface area contributed by atoms with Gasteiger partial charge in [0.1, 0.15) is 16.4 Å². The number of sulfonamides is 1. The summed E-state index contributed by atoms with van der Waals surface area (Å²) in [6.45, 7) is 0.635. The number of aliphatic hydroxyl groups is 2. The molecule has 1 rings (SSSR count). The van der Waals surface area contributed by atoms with Gasteiger partial charge in [0.2, 0.25) is 10.0 Å². The molecule has 0 aliphatic rings. The fourth-order valence-corrected chi connectivity index (χ4v) is 3.35. The molecule has 8 heteroatoms. The van der Waals surface area contributed by atoms with Crippen LogP contribution in [0.1, 0.15) is 13.3 Å². The zero-order valence-corrected chi connectivity index (χ0v) is 13.1. The van der Waals surface area contributed by atoms with Gasteiger partial charge in [-0.1, -0.05) is 6.92 Å². The number of nitrogens with one attached hydrogen (secondary N) is 1. The number of aliphatic hydroxyl groups excluding tert-OH is 2. The van der Waals surface area contributed by atoms with Crippen molar-refractivity contribution < 1.29 is 28.1 Å². The van der Waals surface area contributed by atoms with E-state index in [1.54, 1.807) is 6.92 Å². The summed E-state index contributed by atoms with van der Waals surface area (Å²) in [6, 6.07) is 4.28. The molecule has 0 spiro atoms. The first-order valence-corrected chi connectivity index (χ1v) is 7.84.